The predicted octanol–water partition coefficient (Wildman–Crippen LogP) is 7.32. The molecule has 0 rings (SSSR count). The van der Waals surface area contributed by atoms with Crippen LogP contribution in [0.3, 0.4) is 0 Å². The molecule has 4 N–H and O–H groups in total. The number of aliphatic hydroxyl groups excluding tert-OH is 2. The standard InChI is InChI=1S/C32H63NO6/c34-29-27-33(28-30-35,25-21-17-13-9-5-1-3-7-11-15-19-23-31(36)37)26-22-18-14-10-6-2-4-8-12-16-20-24-32(38)39/h34-35H,1-30H2,(H-,36,37,38,39)/p+1. The lowest BCUT2D eigenvalue weighted by atomic mass is 10.0. The second-order valence-electron chi connectivity index (χ2n) is 11.7. The van der Waals surface area contributed by atoms with Crippen LogP contribution in [-0.4, -0.2) is 76.2 Å². The Morgan fingerprint density at radius 2 is 0.590 bits per heavy atom. The number of hydrogen-bond acceptors (Lipinski definition) is 4. The molecule has 0 aromatic rings. The number of nitrogens with zero attached hydrogens (tertiary/aromatic N) is 1. The van der Waals surface area contributed by atoms with Gasteiger partial charge in [-0.25, -0.2) is 0 Å². The second-order valence-corrected chi connectivity index (χ2v) is 11.7. The minimum absolute atomic E-state index is 0.187. The van der Waals surface area contributed by atoms with E-state index in [0.29, 0.717) is 12.8 Å². The number of carboxylic acids is 2. The molecule has 0 aromatic heterocycles. The van der Waals surface area contributed by atoms with Gasteiger partial charge in [0, 0.05) is 12.8 Å². The predicted molar refractivity (Wildman–Crippen MR) is 160 cm³/mol. The Morgan fingerprint density at radius 3 is 0.821 bits per heavy atom. The van der Waals surface area contributed by atoms with Gasteiger partial charge in [-0.2, -0.15) is 0 Å². The van der Waals surface area contributed by atoms with E-state index < -0.39 is 11.9 Å². The van der Waals surface area contributed by atoms with E-state index in [1.54, 1.807) is 0 Å². The third kappa shape index (κ3) is 26.8. The average molecular weight is 559 g/mol. The van der Waals surface area contributed by atoms with E-state index in [9.17, 15) is 19.8 Å². The first-order valence-corrected chi connectivity index (χ1v) is 16.5. The van der Waals surface area contributed by atoms with Crippen LogP contribution in [0.4, 0.5) is 0 Å². The molecule has 0 aromatic carbocycles. The highest BCUT2D eigenvalue weighted by Gasteiger charge is 2.25. The third-order valence-corrected chi connectivity index (χ3v) is 8.19. The molecule has 7 heteroatoms. The molecule has 0 saturated heterocycles. The van der Waals surface area contributed by atoms with Crippen molar-refractivity contribution in [1.82, 2.24) is 0 Å². The summed E-state index contributed by atoms with van der Waals surface area (Å²) < 4.78 is 0.858. The molecule has 0 aliphatic rings. The largest absolute Gasteiger partial charge is 0.481 e. The van der Waals surface area contributed by atoms with Gasteiger partial charge in [-0.1, -0.05) is 103 Å². The molecule has 0 bridgehead atoms. The van der Waals surface area contributed by atoms with Crippen LogP contribution in [0.1, 0.15) is 154 Å². The number of unbranched alkanes of at least 4 members (excludes halogenated alkanes) is 20. The summed E-state index contributed by atoms with van der Waals surface area (Å²) in [5, 5.41) is 36.7. The van der Waals surface area contributed by atoms with Gasteiger partial charge in [-0.15, -0.1) is 0 Å². The average Bonchev–Trinajstić information content (AvgIpc) is 2.89. The maximum absolute atomic E-state index is 10.5. The van der Waals surface area contributed by atoms with Gasteiger partial charge in [-0.3, -0.25) is 9.59 Å². The van der Waals surface area contributed by atoms with Crippen LogP contribution in [0, 0.1) is 0 Å². The first-order valence-electron chi connectivity index (χ1n) is 16.5. The number of rotatable bonds is 32. The first-order chi connectivity index (χ1) is 19.0. The molecule has 7 nitrogen and oxygen atoms in total. The van der Waals surface area contributed by atoms with Crippen LogP contribution < -0.4 is 0 Å². The highest BCUT2D eigenvalue weighted by molar-refractivity contribution is 5.66. The summed E-state index contributed by atoms with van der Waals surface area (Å²) in [6.07, 6.45) is 26.6. The Hall–Kier alpha value is -1.18. The van der Waals surface area contributed by atoms with Crippen LogP contribution >= 0.6 is 0 Å². The quantitative estimate of drug-likeness (QED) is 0.0508. The summed E-state index contributed by atoms with van der Waals surface area (Å²) in [5.41, 5.74) is 0. The normalized spacial score (nSPS) is 11.7. The molecule has 0 atom stereocenters. The van der Waals surface area contributed by atoms with Gasteiger partial charge < -0.3 is 24.9 Å². The number of aliphatic carboxylic acids is 2. The van der Waals surface area contributed by atoms with Gasteiger partial charge >= 0.3 is 11.9 Å². The lowest BCUT2D eigenvalue weighted by molar-refractivity contribution is -0.929. The van der Waals surface area contributed by atoms with E-state index in [0.717, 1.165) is 69.2 Å². The molecule has 232 valence electrons. The zero-order valence-corrected chi connectivity index (χ0v) is 25.3. The Balaban J connectivity index is 3.82. The van der Waals surface area contributed by atoms with Crippen molar-refractivity contribution in [2.45, 2.75) is 154 Å². The number of quaternary nitrogens is 1. The van der Waals surface area contributed by atoms with E-state index >= 15 is 0 Å². The third-order valence-electron chi connectivity index (χ3n) is 8.19. The van der Waals surface area contributed by atoms with Crippen molar-refractivity contribution in [2.75, 3.05) is 39.4 Å². The molecule has 0 aliphatic heterocycles. The highest BCUT2D eigenvalue weighted by atomic mass is 16.4. The van der Waals surface area contributed by atoms with E-state index in [1.165, 1.54) is 103 Å². The minimum Gasteiger partial charge on any atom is -0.481 e. The number of carboxylic acid groups (broad SMARTS) is 2. The fraction of sp³-hybridized carbons (Fsp3) is 0.938. The molecule has 0 amide bonds. The second kappa shape index (κ2) is 28.4. The van der Waals surface area contributed by atoms with E-state index in [2.05, 4.69) is 0 Å². The van der Waals surface area contributed by atoms with E-state index in [1.807, 2.05) is 0 Å². The van der Waals surface area contributed by atoms with Gasteiger partial charge in [0.2, 0.25) is 0 Å². The van der Waals surface area contributed by atoms with Crippen molar-refractivity contribution in [3.05, 3.63) is 0 Å². The zero-order chi connectivity index (χ0) is 28.9. The molecular formula is C32H64NO6+. The zero-order valence-electron chi connectivity index (χ0n) is 25.3. The molecule has 0 saturated carbocycles. The van der Waals surface area contributed by atoms with E-state index in [4.69, 9.17) is 10.2 Å². The van der Waals surface area contributed by atoms with Crippen LogP contribution in [0.15, 0.2) is 0 Å². The van der Waals surface area contributed by atoms with Crippen molar-refractivity contribution >= 4 is 11.9 Å². The van der Waals surface area contributed by atoms with Gasteiger partial charge in [-0.05, 0) is 38.5 Å². The number of aliphatic hydroxyl groups is 2. The molecular weight excluding hydrogens is 494 g/mol. The lowest BCUT2D eigenvalue weighted by Gasteiger charge is -2.38. The Kier molecular flexibility index (Phi) is 27.5. The topological polar surface area (TPSA) is 115 Å². The maximum atomic E-state index is 10.5. The highest BCUT2D eigenvalue weighted by Crippen LogP contribution is 2.17. The fourth-order valence-electron chi connectivity index (χ4n) is 5.72. The van der Waals surface area contributed by atoms with Crippen LogP contribution in [0.5, 0.6) is 0 Å². The summed E-state index contributed by atoms with van der Waals surface area (Å²) in [6, 6.07) is 0. The van der Waals surface area contributed by atoms with E-state index in [-0.39, 0.29) is 13.2 Å². The molecule has 0 heterocycles. The Bertz CT molecular complexity index is 509. The van der Waals surface area contributed by atoms with Crippen molar-refractivity contribution in [3.8, 4) is 0 Å². The number of carbonyl (C=O) groups is 2. The molecule has 0 aliphatic carbocycles. The molecule has 0 unspecified atom stereocenters. The molecule has 0 radical (unpaired) electrons. The Morgan fingerprint density at radius 1 is 0.359 bits per heavy atom. The number of hydrogen-bond donors (Lipinski definition) is 4. The summed E-state index contributed by atoms with van der Waals surface area (Å²) in [7, 11) is 0. The first kappa shape index (κ1) is 37.8. The maximum Gasteiger partial charge on any atom is 0.303 e. The lowest BCUT2D eigenvalue weighted by Crippen LogP contribution is -2.52. The fourth-order valence-corrected chi connectivity index (χ4v) is 5.72. The van der Waals surface area contributed by atoms with Crippen LogP contribution in [0.2, 0.25) is 0 Å². The monoisotopic (exact) mass is 558 g/mol. The summed E-state index contributed by atoms with van der Waals surface area (Å²) in [5.74, 6) is -1.37. The van der Waals surface area contributed by atoms with Crippen LogP contribution in [-0.2, 0) is 9.59 Å². The van der Waals surface area contributed by atoms with Gasteiger partial charge in [0.15, 0.2) is 0 Å². The van der Waals surface area contributed by atoms with Gasteiger partial charge in [0.05, 0.1) is 26.3 Å². The van der Waals surface area contributed by atoms with Crippen molar-refractivity contribution in [3.63, 3.8) is 0 Å². The van der Waals surface area contributed by atoms with Gasteiger partial charge in [0.1, 0.15) is 13.1 Å². The minimum atomic E-state index is -0.683. The van der Waals surface area contributed by atoms with Crippen molar-refractivity contribution < 1.29 is 34.5 Å². The van der Waals surface area contributed by atoms with Crippen LogP contribution in [0.25, 0.3) is 0 Å². The van der Waals surface area contributed by atoms with Gasteiger partial charge in [0.25, 0.3) is 0 Å². The summed E-state index contributed by atoms with van der Waals surface area (Å²) in [4.78, 5) is 21.0. The van der Waals surface area contributed by atoms with Crippen molar-refractivity contribution in [1.29, 1.82) is 0 Å². The molecule has 39 heavy (non-hydrogen) atoms. The Labute approximate surface area is 240 Å². The SMILES string of the molecule is O=C(O)CCCCCCCCCCCCC[N+](CCO)(CCO)CCCCCCCCCCCCCC(=O)O. The molecule has 0 fully saturated rings. The van der Waals surface area contributed by atoms with Crippen molar-refractivity contribution in [2.24, 2.45) is 0 Å². The summed E-state index contributed by atoms with van der Waals surface area (Å²) in [6.45, 7) is 3.99. The molecule has 0 spiro atoms. The smallest absolute Gasteiger partial charge is 0.303 e. The summed E-state index contributed by atoms with van der Waals surface area (Å²) >= 11 is 0.